The molecule has 2 aromatic heterocycles. The lowest BCUT2D eigenvalue weighted by Crippen LogP contribution is -2.02. The highest BCUT2D eigenvalue weighted by molar-refractivity contribution is 6.29. The molecule has 1 aromatic carbocycles. The minimum absolute atomic E-state index is 0.506. The van der Waals surface area contributed by atoms with Gasteiger partial charge in [-0.3, -0.25) is 5.10 Å². The molecule has 5 heteroatoms. The SMILES string of the molecule is Cc1nc(Cl)ccc1NCc1cn[nH]c1-c1ccccc1. The highest BCUT2D eigenvalue weighted by Gasteiger charge is 2.08. The number of pyridine rings is 1. The van der Waals surface area contributed by atoms with Crippen LogP contribution in [-0.2, 0) is 6.54 Å². The van der Waals surface area contributed by atoms with Gasteiger partial charge in [0, 0.05) is 12.1 Å². The van der Waals surface area contributed by atoms with Gasteiger partial charge in [-0.1, -0.05) is 41.9 Å². The maximum Gasteiger partial charge on any atom is 0.129 e. The number of nitrogens with one attached hydrogen (secondary N) is 2. The van der Waals surface area contributed by atoms with E-state index in [9.17, 15) is 0 Å². The van der Waals surface area contributed by atoms with Crippen molar-refractivity contribution >= 4 is 17.3 Å². The third-order valence-corrected chi connectivity index (χ3v) is 3.51. The summed E-state index contributed by atoms with van der Waals surface area (Å²) in [5, 5.41) is 11.1. The summed E-state index contributed by atoms with van der Waals surface area (Å²) in [6.07, 6.45) is 1.84. The number of hydrogen-bond donors (Lipinski definition) is 2. The molecule has 0 radical (unpaired) electrons. The Labute approximate surface area is 128 Å². The van der Waals surface area contributed by atoms with Crippen LogP contribution in [0.25, 0.3) is 11.3 Å². The summed E-state index contributed by atoms with van der Waals surface area (Å²) < 4.78 is 0. The van der Waals surface area contributed by atoms with Crippen molar-refractivity contribution in [3.05, 3.63) is 65.1 Å². The van der Waals surface area contributed by atoms with E-state index in [1.54, 1.807) is 6.07 Å². The van der Waals surface area contributed by atoms with Gasteiger partial charge in [0.25, 0.3) is 0 Å². The molecule has 2 heterocycles. The summed E-state index contributed by atoms with van der Waals surface area (Å²) in [7, 11) is 0. The van der Waals surface area contributed by atoms with Crippen LogP contribution in [-0.4, -0.2) is 15.2 Å². The lowest BCUT2D eigenvalue weighted by atomic mass is 10.1. The minimum Gasteiger partial charge on any atom is -0.379 e. The molecule has 0 amide bonds. The Bertz CT molecular complexity index is 737. The zero-order valence-corrected chi connectivity index (χ0v) is 12.4. The largest absolute Gasteiger partial charge is 0.379 e. The summed E-state index contributed by atoms with van der Waals surface area (Å²) in [4.78, 5) is 4.23. The Morgan fingerprint density at radius 1 is 1.14 bits per heavy atom. The van der Waals surface area contributed by atoms with Crippen LogP contribution in [0, 0.1) is 6.92 Å². The van der Waals surface area contributed by atoms with Crippen LogP contribution in [0.4, 0.5) is 5.69 Å². The van der Waals surface area contributed by atoms with Crippen LogP contribution < -0.4 is 5.32 Å². The molecule has 2 N–H and O–H groups in total. The van der Waals surface area contributed by atoms with E-state index in [0.29, 0.717) is 11.7 Å². The summed E-state index contributed by atoms with van der Waals surface area (Å²) in [6, 6.07) is 13.9. The minimum atomic E-state index is 0.506. The summed E-state index contributed by atoms with van der Waals surface area (Å²) >= 11 is 5.87. The molecule has 0 aliphatic carbocycles. The average molecular weight is 299 g/mol. The third kappa shape index (κ3) is 3.06. The number of aromatic amines is 1. The molecule has 3 aromatic rings. The van der Waals surface area contributed by atoms with Crippen LogP contribution in [0.5, 0.6) is 0 Å². The molecule has 0 aliphatic rings. The van der Waals surface area contributed by atoms with Crippen molar-refractivity contribution in [3.8, 4) is 11.3 Å². The Hall–Kier alpha value is -2.33. The second kappa shape index (κ2) is 5.97. The van der Waals surface area contributed by atoms with Gasteiger partial charge in [-0.2, -0.15) is 5.10 Å². The van der Waals surface area contributed by atoms with Gasteiger partial charge in [0.15, 0.2) is 0 Å². The average Bonchev–Trinajstić information content (AvgIpc) is 2.96. The molecule has 21 heavy (non-hydrogen) atoms. The van der Waals surface area contributed by atoms with Gasteiger partial charge in [0.1, 0.15) is 5.15 Å². The Morgan fingerprint density at radius 3 is 2.71 bits per heavy atom. The Kier molecular flexibility index (Phi) is 3.88. The van der Waals surface area contributed by atoms with E-state index in [1.165, 1.54) is 0 Å². The Morgan fingerprint density at radius 2 is 1.95 bits per heavy atom. The normalized spacial score (nSPS) is 10.6. The van der Waals surface area contributed by atoms with Crippen LogP contribution in [0.3, 0.4) is 0 Å². The monoisotopic (exact) mass is 298 g/mol. The zero-order valence-electron chi connectivity index (χ0n) is 11.6. The molecular formula is C16H15ClN4. The second-order valence-corrected chi connectivity index (χ2v) is 5.14. The topological polar surface area (TPSA) is 53.6 Å². The fourth-order valence-corrected chi connectivity index (χ4v) is 2.40. The standard InChI is InChI=1S/C16H15ClN4/c1-11-14(7-8-15(17)20-11)18-9-13-10-19-21-16(13)12-5-3-2-4-6-12/h2-8,10,18H,9H2,1H3,(H,19,21). The highest BCUT2D eigenvalue weighted by Crippen LogP contribution is 2.22. The van der Waals surface area contributed by atoms with Crippen molar-refractivity contribution in [2.75, 3.05) is 5.32 Å². The number of H-pyrrole nitrogens is 1. The number of halogens is 1. The van der Waals surface area contributed by atoms with Crippen LogP contribution in [0.1, 0.15) is 11.3 Å². The second-order valence-electron chi connectivity index (χ2n) is 4.76. The highest BCUT2D eigenvalue weighted by atomic mass is 35.5. The molecule has 4 nitrogen and oxygen atoms in total. The van der Waals surface area contributed by atoms with E-state index in [-0.39, 0.29) is 0 Å². The molecule has 0 fully saturated rings. The van der Waals surface area contributed by atoms with Gasteiger partial charge >= 0.3 is 0 Å². The van der Waals surface area contributed by atoms with Crippen molar-refractivity contribution in [2.45, 2.75) is 13.5 Å². The number of rotatable bonds is 4. The van der Waals surface area contributed by atoms with Crippen LogP contribution in [0.15, 0.2) is 48.7 Å². The van der Waals surface area contributed by atoms with Crippen molar-refractivity contribution in [2.24, 2.45) is 0 Å². The first-order valence-corrected chi connectivity index (χ1v) is 7.06. The van der Waals surface area contributed by atoms with E-state index in [0.717, 1.165) is 28.2 Å². The number of aromatic nitrogens is 3. The van der Waals surface area contributed by atoms with Crippen LogP contribution >= 0.6 is 11.6 Å². The molecule has 0 spiro atoms. The predicted octanol–water partition coefficient (Wildman–Crippen LogP) is 4.05. The quantitative estimate of drug-likeness (QED) is 0.715. The van der Waals surface area contributed by atoms with E-state index in [2.05, 4.69) is 32.6 Å². The number of nitrogens with zero attached hydrogens (tertiary/aromatic N) is 2. The predicted molar refractivity (Wildman–Crippen MR) is 85.3 cm³/mol. The molecule has 0 atom stereocenters. The van der Waals surface area contributed by atoms with E-state index in [4.69, 9.17) is 11.6 Å². The van der Waals surface area contributed by atoms with Gasteiger partial charge < -0.3 is 5.32 Å². The first-order chi connectivity index (χ1) is 10.2. The first-order valence-electron chi connectivity index (χ1n) is 6.69. The van der Waals surface area contributed by atoms with Crippen molar-refractivity contribution in [1.82, 2.24) is 15.2 Å². The number of benzene rings is 1. The lowest BCUT2D eigenvalue weighted by Gasteiger charge is -2.09. The third-order valence-electron chi connectivity index (χ3n) is 3.30. The molecule has 3 rings (SSSR count). The summed E-state index contributed by atoms with van der Waals surface area (Å²) in [6.45, 7) is 2.60. The van der Waals surface area contributed by atoms with E-state index >= 15 is 0 Å². The fourth-order valence-electron chi connectivity index (χ4n) is 2.21. The lowest BCUT2D eigenvalue weighted by molar-refractivity contribution is 1.09. The van der Waals surface area contributed by atoms with Gasteiger partial charge in [-0.05, 0) is 24.6 Å². The Balaban J connectivity index is 1.79. The molecule has 0 saturated carbocycles. The first kappa shape index (κ1) is 13.6. The molecule has 106 valence electrons. The fraction of sp³-hybridized carbons (Fsp3) is 0.125. The maximum atomic E-state index is 5.87. The van der Waals surface area contributed by atoms with Crippen molar-refractivity contribution in [3.63, 3.8) is 0 Å². The summed E-state index contributed by atoms with van der Waals surface area (Å²) in [5.74, 6) is 0. The molecule has 0 bridgehead atoms. The van der Waals surface area contributed by atoms with Crippen molar-refractivity contribution in [1.29, 1.82) is 0 Å². The zero-order chi connectivity index (χ0) is 14.7. The maximum absolute atomic E-state index is 5.87. The molecule has 0 unspecified atom stereocenters. The smallest absolute Gasteiger partial charge is 0.129 e. The van der Waals surface area contributed by atoms with Gasteiger partial charge in [-0.25, -0.2) is 4.98 Å². The van der Waals surface area contributed by atoms with E-state index < -0.39 is 0 Å². The van der Waals surface area contributed by atoms with Gasteiger partial charge in [0.2, 0.25) is 0 Å². The molecular weight excluding hydrogens is 284 g/mol. The van der Waals surface area contributed by atoms with Gasteiger partial charge in [0.05, 0.1) is 23.3 Å². The summed E-state index contributed by atoms with van der Waals surface area (Å²) in [5.41, 5.74) is 5.11. The number of anilines is 1. The van der Waals surface area contributed by atoms with Crippen LogP contribution in [0.2, 0.25) is 5.15 Å². The molecule has 0 saturated heterocycles. The van der Waals surface area contributed by atoms with Gasteiger partial charge in [-0.15, -0.1) is 0 Å². The van der Waals surface area contributed by atoms with Crippen molar-refractivity contribution < 1.29 is 0 Å². The molecule has 0 aliphatic heterocycles. The number of hydrogen-bond acceptors (Lipinski definition) is 3. The number of aryl methyl sites for hydroxylation is 1. The van der Waals surface area contributed by atoms with E-state index in [1.807, 2.05) is 37.4 Å².